The fourth-order valence-electron chi connectivity index (χ4n) is 2.09. The van der Waals surface area contributed by atoms with E-state index in [-0.39, 0.29) is 5.69 Å². The maximum atomic E-state index is 13.1. The van der Waals surface area contributed by atoms with Crippen LogP contribution in [0.5, 0.6) is 0 Å². The summed E-state index contributed by atoms with van der Waals surface area (Å²) in [6.45, 7) is -0.422. The molecule has 0 fully saturated rings. The molecule has 1 heterocycles. The van der Waals surface area contributed by atoms with Crippen LogP contribution in [0.3, 0.4) is 0 Å². The summed E-state index contributed by atoms with van der Waals surface area (Å²) in [5.41, 5.74) is -0.105. The fraction of sp³-hybridized carbons (Fsp3) is 0.0667. The monoisotopic (exact) mass is 316 g/mol. The minimum absolute atomic E-state index is 0.0469. The van der Waals surface area contributed by atoms with Gasteiger partial charge in [-0.3, -0.25) is 9.59 Å². The molecule has 6 nitrogen and oxygen atoms in total. The Kier molecular flexibility index (Phi) is 3.80. The Balaban J connectivity index is 1.83. The number of rotatable bonds is 3. The summed E-state index contributed by atoms with van der Waals surface area (Å²) in [6.07, 6.45) is 0. The highest BCUT2D eigenvalue weighted by atomic mass is 19.1. The molecule has 116 valence electrons. The maximum absolute atomic E-state index is 13.1. The molecular formula is C15H10F2N4O2. The number of carbonyl (C=O) groups is 1. The number of anilines is 1. The Labute approximate surface area is 128 Å². The van der Waals surface area contributed by atoms with E-state index < -0.39 is 29.6 Å². The van der Waals surface area contributed by atoms with E-state index in [9.17, 15) is 18.4 Å². The quantitative estimate of drug-likeness (QED) is 0.798. The normalized spacial score (nSPS) is 10.7. The van der Waals surface area contributed by atoms with E-state index in [4.69, 9.17) is 0 Å². The Hall–Kier alpha value is -3.16. The van der Waals surface area contributed by atoms with Gasteiger partial charge in [0.25, 0.3) is 5.56 Å². The molecule has 1 N–H and O–H groups in total. The molecule has 0 aliphatic rings. The Morgan fingerprint density at radius 3 is 2.57 bits per heavy atom. The van der Waals surface area contributed by atoms with Crippen LogP contribution in [-0.4, -0.2) is 20.9 Å². The summed E-state index contributed by atoms with van der Waals surface area (Å²) >= 11 is 0. The van der Waals surface area contributed by atoms with Crippen molar-refractivity contribution in [2.24, 2.45) is 0 Å². The van der Waals surface area contributed by atoms with Crippen LogP contribution in [0.1, 0.15) is 0 Å². The largest absolute Gasteiger partial charge is 0.324 e. The first-order valence-electron chi connectivity index (χ1n) is 6.61. The van der Waals surface area contributed by atoms with Crippen molar-refractivity contribution in [3.05, 3.63) is 64.5 Å². The Bertz CT molecular complexity index is 935. The summed E-state index contributed by atoms with van der Waals surface area (Å²) in [5.74, 6) is -2.28. The van der Waals surface area contributed by atoms with Crippen molar-refractivity contribution in [1.29, 1.82) is 0 Å². The van der Waals surface area contributed by atoms with E-state index in [2.05, 4.69) is 15.6 Å². The SMILES string of the molecule is O=C(Cn1nnc2ccccc2c1=O)Nc1cc(F)cc(F)c1. The number of nitrogens with one attached hydrogen (secondary N) is 1. The van der Waals surface area contributed by atoms with Crippen LogP contribution in [-0.2, 0) is 11.3 Å². The van der Waals surface area contributed by atoms with Crippen LogP contribution in [0.25, 0.3) is 10.9 Å². The Morgan fingerprint density at radius 2 is 1.83 bits per heavy atom. The van der Waals surface area contributed by atoms with Gasteiger partial charge in [-0.25, -0.2) is 13.5 Å². The van der Waals surface area contributed by atoms with E-state index >= 15 is 0 Å². The van der Waals surface area contributed by atoms with E-state index in [1.165, 1.54) is 0 Å². The molecule has 0 aliphatic carbocycles. The number of hydrogen-bond acceptors (Lipinski definition) is 4. The molecule has 0 unspecified atom stereocenters. The van der Waals surface area contributed by atoms with Crippen molar-refractivity contribution in [1.82, 2.24) is 15.0 Å². The van der Waals surface area contributed by atoms with Crippen molar-refractivity contribution >= 4 is 22.5 Å². The van der Waals surface area contributed by atoms with Gasteiger partial charge >= 0.3 is 0 Å². The molecule has 0 aliphatic heterocycles. The first kappa shape index (κ1) is 14.8. The van der Waals surface area contributed by atoms with E-state index in [0.29, 0.717) is 17.0 Å². The van der Waals surface area contributed by atoms with Crippen LogP contribution in [0.15, 0.2) is 47.3 Å². The number of fused-ring (bicyclic) bond motifs is 1. The van der Waals surface area contributed by atoms with Gasteiger partial charge in [-0.1, -0.05) is 17.3 Å². The van der Waals surface area contributed by atoms with Gasteiger partial charge < -0.3 is 5.32 Å². The number of nitrogens with zero attached hydrogens (tertiary/aromatic N) is 3. The van der Waals surface area contributed by atoms with E-state index in [1.807, 2.05) is 0 Å². The van der Waals surface area contributed by atoms with Gasteiger partial charge in [0.2, 0.25) is 5.91 Å². The average Bonchev–Trinajstić information content (AvgIpc) is 2.49. The standard InChI is InChI=1S/C15H10F2N4O2/c16-9-5-10(17)7-11(6-9)18-14(22)8-21-15(23)12-3-1-2-4-13(12)19-20-21/h1-7H,8H2,(H,18,22). The lowest BCUT2D eigenvalue weighted by molar-refractivity contribution is -0.117. The van der Waals surface area contributed by atoms with Crippen molar-refractivity contribution < 1.29 is 13.6 Å². The molecule has 8 heteroatoms. The molecular weight excluding hydrogens is 306 g/mol. The second kappa shape index (κ2) is 5.91. The topological polar surface area (TPSA) is 76.9 Å². The number of aromatic nitrogens is 3. The molecule has 0 bridgehead atoms. The van der Waals surface area contributed by atoms with E-state index in [1.54, 1.807) is 24.3 Å². The number of benzene rings is 2. The van der Waals surface area contributed by atoms with E-state index in [0.717, 1.165) is 16.8 Å². The predicted octanol–water partition coefficient (Wildman–Crippen LogP) is 1.71. The highest BCUT2D eigenvalue weighted by Crippen LogP contribution is 2.12. The molecule has 2 aromatic carbocycles. The van der Waals surface area contributed by atoms with Crippen molar-refractivity contribution in [3.8, 4) is 0 Å². The zero-order valence-corrected chi connectivity index (χ0v) is 11.7. The number of hydrogen-bond donors (Lipinski definition) is 1. The summed E-state index contributed by atoms with van der Waals surface area (Å²) in [6, 6.07) is 9.21. The minimum atomic E-state index is -0.817. The van der Waals surface area contributed by atoms with Gasteiger partial charge in [0.1, 0.15) is 23.7 Å². The number of carbonyl (C=O) groups excluding carboxylic acids is 1. The summed E-state index contributed by atoms with van der Waals surface area (Å²) in [4.78, 5) is 24.1. The Morgan fingerprint density at radius 1 is 1.13 bits per heavy atom. The van der Waals surface area contributed by atoms with Crippen LogP contribution in [0, 0.1) is 11.6 Å². The van der Waals surface area contributed by atoms with Crippen LogP contribution < -0.4 is 10.9 Å². The fourth-order valence-corrected chi connectivity index (χ4v) is 2.09. The lowest BCUT2D eigenvalue weighted by Crippen LogP contribution is -2.30. The summed E-state index contributed by atoms with van der Waals surface area (Å²) in [7, 11) is 0. The maximum Gasteiger partial charge on any atom is 0.278 e. The van der Waals surface area contributed by atoms with Gasteiger partial charge in [0.05, 0.1) is 5.39 Å². The van der Waals surface area contributed by atoms with Crippen molar-refractivity contribution in [2.75, 3.05) is 5.32 Å². The molecule has 0 saturated heterocycles. The van der Waals surface area contributed by atoms with Crippen molar-refractivity contribution in [2.45, 2.75) is 6.54 Å². The summed E-state index contributed by atoms with van der Waals surface area (Å²) < 4.78 is 27.0. The first-order chi connectivity index (χ1) is 11.0. The van der Waals surface area contributed by atoms with Gasteiger partial charge in [0, 0.05) is 11.8 Å². The second-order valence-electron chi connectivity index (χ2n) is 4.78. The number of halogens is 2. The molecule has 1 aromatic heterocycles. The lowest BCUT2D eigenvalue weighted by Gasteiger charge is -2.07. The minimum Gasteiger partial charge on any atom is -0.324 e. The van der Waals surface area contributed by atoms with Crippen LogP contribution >= 0.6 is 0 Å². The molecule has 1 amide bonds. The zero-order chi connectivity index (χ0) is 16.4. The first-order valence-corrected chi connectivity index (χ1v) is 6.61. The molecule has 3 aromatic rings. The molecule has 23 heavy (non-hydrogen) atoms. The molecule has 0 spiro atoms. The highest BCUT2D eigenvalue weighted by Gasteiger charge is 2.10. The van der Waals surface area contributed by atoms with Crippen LogP contribution in [0.4, 0.5) is 14.5 Å². The third-order valence-electron chi connectivity index (χ3n) is 3.07. The molecule has 0 radical (unpaired) electrons. The molecule has 3 rings (SSSR count). The second-order valence-corrected chi connectivity index (χ2v) is 4.78. The van der Waals surface area contributed by atoms with Gasteiger partial charge in [-0.05, 0) is 24.3 Å². The third kappa shape index (κ3) is 3.20. The molecule has 0 atom stereocenters. The average molecular weight is 316 g/mol. The predicted molar refractivity (Wildman–Crippen MR) is 78.8 cm³/mol. The van der Waals surface area contributed by atoms with Gasteiger partial charge in [-0.15, -0.1) is 5.10 Å². The lowest BCUT2D eigenvalue weighted by atomic mass is 10.2. The van der Waals surface area contributed by atoms with Crippen molar-refractivity contribution in [3.63, 3.8) is 0 Å². The zero-order valence-electron chi connectivity index (χ0n) is 11.7. The smallest absolute Gasteiger partial charge is 0.278 e. The summed E-state index contributed by atoms with van der Waals surface area (Å²) in [5, 5.41) is 10.1. The molecule has 0 saturated carbocycles. The number of amides is 1. The van der Waals surface area contributed by atoms with Crippen LogP contribution in [0.2, 0.25) is 0 Å². The van der Waals surface area contributed by atoms with Gasteiger partial charge in [-0.2, -0.15) is 0 Å². The highest BCUT2D eigenvalue weighted by molar-refractivity contribution is 5.90. The van der Waals surface area contributed by atoms with Gasteiger partial charge in [0.15, 0.2) is 0 Å². The third-order valence-corrected chi connectivity index (χ3v) is 3.07.